The Morgan fingerprint density at radius 2 is 1.83 bits per heavy atom. The Bertz CT molecular complexity index is 1650. The quantitative estimate of drug-likeness (QED) is 0.454. The van der Waals surface area contributed by atoms with Crippen LogP contribution in [0.15, 0.2) is 23.0 Å². The number of anilines is 2. The van der Waals surface area contributed by atoms with Crippen molar-refractivity contribution in [3.8, 4) is 0 Å². The molecule has 5 rings (SSSR count). The van der Waals surface area contributed by atoms with E-state index in [2.05, 4.69) is 15.4 Å². The largest absolute Gasteiger partial charge is 0.419 e. The maximum atomic E-state index is 14.3. The maximum absolute atomic E-state index is 14.3. The predicted octanol–water partition coefficient (Wildman–Crippen LogP) is 2.78. The van der Waals surface area contributed by atoms with Gasteiger partial charge in [0, 0.05) is 44.5 Å². The molecule has 11 nitrogen and oxygen atoms in total. The number of hydrogen-bond donors (Lipinski definition) is 1. The fraction of sp³-hybridized carbons (Fsp3) is 0.444. The van der Waals surface area contributed by atoms with E-state index >= 15 is 0 Å². The third kappa shape index (κ3) is 5.60. The molecular weight excluding hydrogens is 562 g/mol. The Hall–Kier alpha value is -4.27. The lowest BCUT2D eigenvalue weighted by molar-refractivity contribution is -0.140. The van der Waals surface area contributed by atoms with Crippen molar-refractivity contribution in [2.45, 2.75) is 39.9 Å². The minimum atomic E-state index is -4.88. The number of hydrogen-bond acceptors (Lipinski definition) is 7. The van der Waals surface area contributed by atoms with Gasteiger partial charge in [-0.15, -0.1) is 5.10 Å². The van der Waals surface area contributed by atoms with Crippen LogP contribution in [0.1, 0.15) is 36.0 Å². The molecule has 2 aliphatic rings. The van der Waals surface area contributed by atoms with Gasteiger partial charge in [0.25, 0.3) is 5.56 Å². The number of carbonyl (C=O) groups is 2. The van der Waals surface area contributed by atoms with Gasteiger partial charge in [0.1, 0.15) is 18.0 Å². The van der Waals surface area contributed by atoms with Gasteiger partial charge in [-0.3, -0.25) is 14.4 Å². The van der Waals surface area contributed by atoms with E-state index in [1.807, 2.05) is 11.0 Å². The number of halogens is 4. The minimum absolute atomic E-state index is 0.0269. The molecule has 1 fully saturated rings. The number of fused-ring (bicyclic) bond motifs is 1. The molecule has 0 bridgehead atoms. The summed E-state index contributed by atoms with van der Waals surface area (Å²) in [7, 11) is 0. The number of piperazine rings is 1. The molecular formula is C27H29F4N7O4. The predicted molar refractivity (Wildman–Crippen MR) is 145 cm³/mol. The number of nitrogens with zero attached hydrogens (tertiary/aromatic N) is 6. The van der Waals surface area contributed by atoms with Crippen LogP contribution >= 0.6 is 0 Å². The fourth-order valence-corrected chi connectivity index (χ4v) is 5.18. The standard InChI is InChI=1S/C27H29F4N7O4/c1-15-12-19(27(29,30)31)20(28)13-21(15)32-22(40)14-37-16(2)23(36-8-6-35(7-9-36)17(3)39)25(41)38-26(37)33-24(34-38)18-4-10-42-11-5-18/h4,12-13H,5-11,14H2,1-3H3,(H,32,40). The molecule has 0 radical (unpaired) electrons. The normalized spacial score (nSPS) is 16.1. The summed E-state index contributed by atoms with van der Waals surface area (Å²) >= 11 is 0. The molecule has 2 amide bonds. The van der Waals surface area contributed by atoms with Gasteiger partial charge in [-0.1, -0.05) is 6.08 Å². The van der Waals surface area contributed by atoms with E-state index in [1.54, 1.807) is 11.8 Å². The Morgan fingerprint density at radius 1 is 1.12 bits per heavy atom. The lowest BCUT2D eigenvalue weighted by atomic mass is 10.1. The van der Waals surface area contributed by atoms with Gasteiger partial charge in [0.2, 0.25) is 17.6 Å². The number of aryl methyl sites for hydroxylation is 1. The number of ether oxygens (including phenoxy) is 1. The summed E-state index contributed by atoms with van der Waals surface area (Å²) in [5.41, 5.74) is -0.479. The SMILES string of the molecule is CC(=O)N1CCN(c2c(C)n(CC(=O)Nc3cc(F)c(C(F)(F)F)cc3C)c3nc(C4=CCOCC4)nn3c2=O)CC1. The molecule has 1 aromatic carbocycles. The van der Waals surface area contributed by atoms with Crippen LogP contribution in [0.3, 0.4) is 0 Å². The highest BCUT2D eigenvalue weighted by atomic mass is 19.4. The Kier molecular flexibility index (Phi) is 7.79. The zero-order valence-electron chi connectivity index (χ0n) is 23.2. The molecule has 224 valence electrons. The van der Waals surface area contributed by atoms with Gasteiger partial charge < -0.3 is 24.4 Å². The van der Waals surface area contributed by atoms with Crippen molar-refractivity contribution in [3.63, 3.8) is 0 Å². The number of benzene rings is 1. The first kappa shape index (κ1) is 29.2. The zero-order chi connectivity index (χ0) is 30.3. The number of aromatic nitrogens is 4. The molecule has 1 N–H and O–H groups in total. The van der Waals surface area contributed by atoms with Gasteiger partial charge in [-0.25, -0.2) is 4.39 Å². The Balaban J connectivity index is 1.54. The van der Waals surface area contributed by atoms with Gasteiger partial charge in [-0.05, 0) is 43.5 Å². The summed E-state index contributed by atoms with van der Waals surface area (Å²) < 4.78 is 61.6. The average molecular weight is 592 g/mol. The van der Waals surface area contributed by atoms with E-state index in [-0.39, 0.29) is 28.6 Å². The van der Waals surface area contributed by atoms with Crippen molar-refractivity contribution in [3.05, 3.63) is 57.0 Å². The first-order valence-electron chi connectivity index (χ1n) is 13.3. The number of alkyl halides is 3. The summed E-state index contributed by atoms with van der Waals surface area (Å²) in [5.74, 6) is -1.85. The van der Waals surface area contributed by atoms with Gasteiger partial charge >= 0.3 is 6.18 Å². The fourth-order valence-electron chi connectivity index (χ4n) is 5.18. The summed E-state index contributed by atoms with van der Waals surface area (Å²) in [6, 6.07) is 1.27. The summed E-state index contributed by atoms with van der Waals surface area (Å²) in [5, 5.41) is 6.94. The molecule has 0 aliphatic carbocycles. The van der Waals surface area contributed by atoms with Crippen LogP contribution in [-0.4, -0.2) is 75.3 Å². The minimum Gasteiger partial charge on any atom is -0.377 e. The van der Waals surface area contributed by atoms with Crippen LogP contribution in [0.5, 0.6) is 0 Å². The summed E-state index contributed by atoms with van der Waals surface area (Å²) in [6.07, 6.45) is -2.53. The van der Waals surface area contributed by atoms with E-state index in [1.165, 1.54) is 18.4 Å². The van der Waals surface area contributed by atoms with Gasteiger partial charge in [-0.2, -0.15) is 22.7 Å². The van der Waals surface area contributed by atoms with E-state index in [4.69, 9.17) is 4.74 Å². The highest BCUT2D eigenvalue weighted by Crippen LogP contribution is 2.34. The van der Waals surface area contributed by atoms with Gasteiger partial charge in [0.05, 0.1) is 18.8 Å². The third-order valence-electron chi connectivity index (χ3n) is 7.46. The summed E-state index contributed by atoms with van der Waals surface area (Å²) in [6.45, 7) is 6.46. The van der Waals surface area contributed by atoms with Crippen molar-refractivity contribution >= 4 is 34.5 Å². The molecule has 0 saturated carbocycles. The third-order valence-corrected chi connectivity index (χ3v) is 7.46. The number of rotatable bonds is 5. The second kappa shape index (κ2) is 11.2. The van der Waals surface area contributed by atoms with E-state index in [0.717, 1.165) is 10.1 Å². The number of amides is 2. The molecule has 0 atom stereocenters. The number of nitrogens with one attached hydrogen (secondary N) is 1. The van der Waals surface area contributed by atoms with Crippen LogP contribution in [0.2, 0.25) is 0 Å². The molecule has 0 unspecified atom stereocenters. The van der Waals surface area contributed by atoms with E-state index in [0.29, 0.717) is 69.5 Å². The van der Waals surface area contributed by atoms with Crippen molar-refractivity contribution in [1.82, 2.24) is 24.1 Å². The highest BCUT2D eigenvalue weighted by Gasteiger charge is 2.35. The van der Waals surface area contributed by atoms with Gasteiger partial charge in [0.15, 0.2) is 5.82 Å². The van der Waals surface area contributed by atoms with Crippen LogP contribution in [0.4, 0.5) is 28.9 Å². The topological polar surface area (TPSA) is 114 Å². The lowest BCUT2D eigenvalue weighted by Crippen LogP contribution is -2.50. The van der Waals surface area contributed by atoms with Crippen LogP contribution in [0.25, 0.3) is 11.4 Å². The molecule has 4 heterocycles. The van der Waals surface area contributed by atoms with E-state index < -0.39 is 35.6 Å². The van der Waals surface area contributed by atoms with E-state index in [9.17, 15) is 31.9 Å². The van der Waals surface area contributed by atoms with Crippen LogP contribution in [0, 0.1) is 19.7 Å². The maximum Gasteiger partial charge on any atom is 0.419 e. The van der Waals surface area contributed by atoms with Crippen LogP contribution in [-0.2, 0) is 27.0 Å². The molecule has 3 aromatic rings. The smallest absolute Gasteiger partial charge is 0.377 e. The molecule has 1 saturated heterocycles. The Labute approximate surface area is 237 Å². The van der Waals surface area contributed by atoms with Crippen molar-refractivity contribution in [2.24, 2.45) is 0 Å². The molecule has 15 heteroatoms. The zero-order valence-corrected chi connectivity index (χ0v) is 23.2. The van der Waals surface area contributed by atoms with Crippen LogP contribution < -0.4 is 15.8 Å². The molecule has 0 spiro atoms. The average Bonchev–Trinajstić information content (AvgIpc) is 3.39. The van der Waals surface area contributed by atoms with Crippen molar-refractivity contribution in [2.75, 3.05) is 49.6 Å². The second-order valence-electron chi connectivity index (χ2n) is 10.2. The molecule has 2 aliphatic heterocycles. The summed E-state index contributed by atoms with van der Waals surface area (Å²) in [4.78, 5) is 46.8. The first-order valence-corrected chi connectivity index (χ1v) is 13.3. The lowest BCUT2D eigenvalue weighted by Gasteiger charge is -2.36. The first-order chi connectivity index (χ1) is 19.8. The monoisotopic (exact) mass is 591 g/mol. The number of carbonyl (C=O) groups excluding carboxylic acids is 2. The molecule has 2 aromatic heterocycles. The van der Waals surface area contributed by atoms with Crippen molar-refractivity contribution in [1.29, 1.82) is 0 Å². The Morgan fingerprint density at radius 3 is 2.45 bits per heavy atom. The highest BCUT2D eigenvalue weighted by molar-refractivity contribution is 5.91. The molecule has 42 heavy (non-hydrogen) atoms. The second-order valence-corrected chi connectivity index (χ2v) is 10.2. The van der Waals surface area contributed by atoms with Crippen molar-refractivity contribution < 1.29 is 31.9 Å².